The van der Waals surface area contributed by atoms with Gasteiger partial charge < -0.3 is 5.32 Å². The SMILES string of the molecule is c1cc(CC2CCNC2)cc(-n2nccn2)c1. The van der Waals surface area contributed by atoms with Crippen LogP contribution in [-0.2, 0) is 6.42 Å². The van der Waals surface area contributed by atoms with Crippen molar-refractivity contribution in [3.8, 4) is 5.69 Å². The fourth-order valence-corrected chi connectivity index (χ4v) is 2.38. The Morgan fingerprint density at radius 1 is 1.29 bits per heavy atom. The predicted octanol–water partition coefficient (Wildman–Crippen LogP) is 1.42. The molecule has 0 bridgehead atoms. The molecule has 2 aromatic rings. The van der Waals surface area contributed by atoms with Crippen LogP contribution in [0.5, 0.6) is 0 Å². The first-order valence-corrected chi connectivity index (χ1v) is 6.08. The molecule has 1 aromatic carbocycles. The maximum Gasteiger partial charge on any atom is 0.0859 e. The topological polar surface area (TPSA) is 42.7 Å². The van der Waals surface area contributed by atoms with Gasteiger partial charge in [-0.1, -0.05) is 12.1 Å². The zero-order chi connectivity index (χ0) is 11.5. The van der Waals surface area contributed by atoms with Crippen molar-refractivity contribution in [2.45, 2.75) is 12.8 Å². The largest absolute Gasteiger partial charge is 0.316 e. The van der Waals surface area contributed by atoms with E-state index in [1.807, 2.05) is 6.07 Å². The monoisotopic (exact) mass is 228 g/mol. The number of hydrogen-bond donors (Lipinski definition) is 1. The lowest BCUT2D eigenvalue weighted by molar-refractivity contribution is 0.579. The van der Waals surface area contributed by atoms with Crippen molar-refractivity contribution in [1.82, 2.24) is 20.3 Å². The van der Waals surface area contributed by atoms with Crippen LogP contribution in [0.25, 0.3) is 5.69 Å². The molecule has 4 heteroatoms. The fourth-order valence-electron chi connectivity index (χ4n) is 2.38. The Kier molecular flexibility index (Phi) is 2.88. The van der Waals surface area contributed by atoms with Gasteiger partial charge in [-0.15, -0.1) is 0 Å². The summed E-state index contributed by atoms with van der Waals surface area (Å²) in [5.41, 5.74) is 2.41. The predicted molar refractivity (Wildman–Crippen MR) is 66.0 cm³/mol. The van der Waals surface area contributed by atoms with Crippen LogP contribution in [-0.4, -0.2) is 28.1 Å². The quantitative estimate of drug-likeness (QED) is 0.864. The number of rotatable bonds is 3. The Morgan fingerprint density at radius 3 is 2.94 bits per heavy atom. The molecule has 1 atom stereocenters. The molecule has 0 amide bonds. The van der Waals surface area contributed by atoms with E-state index in [2.05, 4.69) is 33.7 Å². The average Bonchev–Trinajstić information content (AvgIpc) is 3.01. The molecule has 2 heterocycles. The number of benzene rings is 1. The van der Waals surface area contributed by atoms with Crippen LogP contribution < -0.4 is 5.32 Å². The highest BCUT2D eigenvalue weighted by atomic mass is 15.5. The van der Waals surface area contributed by atoms with E-state index in [4.69, 9.17) is 0 Å². The number of aromatic nitrogens is 3. The standard InChI is InChI=1S/C13H16N4/c1-2-11(8-12-4-5-14-10-12)9-13(3-1)17-15-6-7-16-17/h1-3,6-7,9,12,14H,4-5,8,10H2. The molecule has 1 fully saturated rings. The van der Waals surface area contributed by atoms with Gasteiger partial charge in [-0.2, -0.15) is 15.0 Å². The van der Waals surface area contributed by atoms with Gasteiger partial charge in [0.1, 0.15) is 0 Å². The van der Waals surface area contributed by atoms with Crippen LogP contribution >= 0.6 is 0 Å². The summed E-state index contributed by atoms with van der Waals surface area (Å²) in [7, 11) is 0. The summed E-state index contributed by atoms with van der Waals surface area (Å²) < 4.78 is 0. The van der Waals surface area contributed by atoms with E-state index in [0.29, 0.717) is 0 Å². The second kappa shape index (κ2) is 4.67. The molecule has 1 saturated heterocycles. The van der Waals surface area contributed by atoms with Crippen LogP contribution in [0, 0.1) is 5.92 Å². The molecule has 0 aliphatic carbocycles. The van der Waals surface area contributed by atoms with E-state index in [1.165, 1.54) is 12.0 Å². The van der Waals surface area contributed by atoms with Gasteiger partial charge in [0.15, 0.2) is 0 Å². The molecular weight excluding hydrogens is 212 g/mol. The summed E-state index contributed by atoms with van der Waals surface area (Å²) in [4.78, 5) is 1.66. The van der Waals surface area contributed by atoms with Crippen LogP contribution in [0.4, 0.5) is 0 Å². The number of hydrogen-bond acceptors (Lipinski definition) is 3. The molecule has 4 nitrogen and oxygen atoms in total. The van der Waals surface area contributed by atoms with E-state index < -0.39 is 0 Å². The summed E-state index contributed by atoms with van der Waals surface area (Å²) in [6, 6.07) is 8.48. The smallest absolute Gasteiger partial charge is 0.0859 e. The minimum Gasteiger partial charge on any atom is -0.316 e. The zero-order valence-electron chi connectivity index (χ0n) is 9.71. The molecule has 1 unspecified atom stereocenters. The summed E-state index contributed by atoms with van der Waals surface area (Å²) in [5, 5.41) is 11.7. The van der Waals surface area contributed by atoms with Gasteiger partial charge in [0, 0.05) is 0 Å². The van der Waals surface area contributed by atoms with Gasteiger partial charge in [0.05, 0.1) is 18.1 Å². The van der Waals surface area contributed by atoms with E-state index in [-0.39, 0.29) is 0 Å². The molecule has 0 saturated carbocycles. The summed E-state index contributed by atoms with van der Waals surface area (Å²) in [6.45, 7) is 2.30. The number of nitrogens with zero attached hydrogens (tertiary/aromatic N) is 3. The molecule has 88 valence electrons. The Morgan fingerprint density at radius 2 is 2.18 bits per heavy atom. The summed E-state index contributed by atoms with van der Waals surface area (Å²) >= 11 is 0. The summed E-state index contributed by atoms with van der Waals surface area (Å²) in [5.74, 6) is 0.774. The normalized spacial score (nSPS) is 19.6. The summed E-state index contributed by atoms with van der Waals surface area (Å²) in [6.07, 6.45) is 5.83. The lowest BCUT2D eigenvalue weighted by Crippen LogP contribution is -2.11. The van der Waals surface area contributed by atoms with Crippen LogP contribution in [0.1, 0.15) is 12.0 Å². The Bertz CT molecular complexity index is 472. The van der Waals surface area contributed by atoms with Crippen LogP contribution in [0.2, 0.25) is 0 Å². The second-order valence-electron chi connectivity index (χ2n) is 4.55. The molecular formula is C13H16N4. The van der Waals surface area contributed by atoms with Gasteiger partial charge in [0.25, 0.3) is 0 Å². The molecule has 17 heavy (non-hydrogen) atoms. The van der Waals surface area contributed by atoms with Gasteiger partial charge in [-0.05, 0) is 49.5 Å². The zero-order valence-corrected chi connectivity index (χ0v) is 9.71. The van der Waals surface area contributed by atoms with E-state index in [9.17, 15) is 0 Å². The molecule has 3 rings (SSSR count). The Hall–Kier alpha value is -1.68. The van der Waals surface area contributed by atoms with Crippen molar-refractivity contribution in [3.63, 3.8) is 0 Å². The fraction of sp³-hybridized carbons (Fsp3) is 0.385. The molecule has 1 N–H and O–H groups in total. The third-order valence-corrected chi connectivity index (χ3v) is 3.25. The third-order valence-electron chi connectivity index (χ3n) is 3.25. The average molecular weight is 228 g/mol. The molecule has 1 aliphatic rings. The highest BCUT2D eigenvalue weighted by Gasteiger charge is 2.14. The van der Waals surface area contributed by atoms with E-state index in [0.717, 1.165) is 31.1 Å². The van der Waals surface area contributed by atoms with Crippen molar-refractivity contribution in [2.24, 2.45) is 5.92 Å². The highest BCUT2D eigenvalue weighted by molar-refractivity contribution is 5.34. The second-order valence-corrected chi connectivity index (χ2v) is 4.55. The Balaban J connectivity index is 1.79. The molecule has 1 aromatic heterocycles. The molecule has 0 spiro atoms. The van der Waals surface area contributed by atoms with Gasteiger partial charge >= 0.3 is 0 Å². The van der Waals surface area contributed by atoms with Crippen molar-refractivity contribution in [3.05, 3.63) is 42.2 Å². The first-order chi connectivity index (χ1) is 8.42. The third kappa shape index (κ3) is 2.36. The lowest BCUT2D eigenvalue weighted by Gasteiger charge is -2.09. The first kappa shape index (κ1) is 10.5. The van der Waals surface area contributed by atoms with Gasteiger partial charge in [0.2, 0.25) is 0 Å². The van der Waals surface area contributed by atoms with Crippen molar-refractivity contribution >= 4 is 0 Å². The van der Waals surface area contributed by atoms with Crippen molar-refractivity contribution in [2.75, 3.05) is 13.1 Å². The maximum atomic E-state index is 4.15. The van der Waals surface area contributed by atoms with Crippen molar-refractivity contribution < 1.29 is 0 Å². The minimum absolute atomic E-state index is 0.774. The van der Waals surface area contributed by atoms with Crippen LogP contribution in [0.3, 0.4) is 0 Å². The van der Waals surface area contributed by atoms with Crippen LogP contribution in [0.15, 0.2) is 36.7 Å². The first-order valence-electron chi connectivity index (χ1n) is 6.08. The number of nitrogens with one attached hydrogen (secondary N) is 1. The van der Waals surface area contributed by atoms with E-state index >= 15 is 0 Å². The van der Waals surface area contributed by atoms with E-state index in [1.54, 1.807) is 17.2 Å². The lowest BCUT2D eigenvalue weighted by atomic mass is 9.98. The van der Waals surface area contributed by atoms with Gasteiger partial charge in [-0.25, -0.2) is 0 Å². The molecule has 1 aliphatic heterocycles. The minimum atomic E-state index is 0.774. The molecule has 0 radical (unpaired) electrons. The maximum absolute atomic E-state index is 4.15. The Labute approximate surface area is 101 Å². The van der Waals surface area contributed by atoms with Gasteiger partial charge in [-0.3, -0.25) is 0 Å². The highest BCUT2D eigenvalue weighted by Crippen LogP contribution is 2.17. The van der Waals surface area contributed by atoms with Crippen molar-refractivity contribution in [1.29, 1.82) is 0 Å².